The van der Waals surface area contributed by atoms with Crippen molar-refractivity contribution in [1.82, 2.24) is 15.0 Å². The maximum Gasteiger partial charge on any atom is 0.323 e. The molecule has 0 amide bonds. The Balaban J connectivity index is 2.16. The lowest BCUT2D eigenvalue weighted by atomic mass is 10.3. The highest BCUT2D eigenvalue weighted by molar-refractivity contribution is 5.36. The molecule has 1 unspecified atom stereocenters. The average Bonchev–Trinajstić information content (AvgIpc) is 2.38. The Kier molecular flexibility index (Phi) is 4.11. The van der Waals surface area contributed by atoms with Gasteiger partial charge in [-0.25, -0.2) is 0 Å². The number of nitrogens with two attached hydrogens (primary N) is 1. The van der Waals surface area contributed by atoms with Gasteiger partial charge in [0.05, 0.1) is 25.9 Å². The fourth-order valence-corrected chi connectivity index (χ4v) is 1.71. The molecule has 3 N–H and O–H groups in total. The molecule has 1 fully saturated rings. The summed E-state index contributed by atoms with van der Waals surface area (Å²) in [6, 6.07) is 0.215. The molecule has 0 saturated carbocycles. The van der Waals surface area contributed by atoms with Gasteiger partial charge in [0, 0.05) is 13.1 Å². The highest BCUT2D eigenvalue weighted by atomic mass is 16.5. The van der Waals surface area contributed by atoms with E-state index in [1.807, 2.05) is 11.8 Å². The Morgan fingerprint density at radius 3 is 3.06 bits per heavy atom. The maximum atomic E-state index is 9.09. The molecule has 2 rings (SSSR count). The summed E-state index contributed by atoms with van der Waals surface area (Å²) in [6.07, 6.45) is -0.229. The molecule has 2 heterocycles. The monoisotopic (exact) mass is 255 g/mol. The SMILES string of the molecule is CCOc1nc(N)nc(N2CCOC(CO)C2)n1. The van der Waals surface area contributed by atoms with Crippen LogP contribution in [-0.4, -0.2) is 59.1 Å². The van der Waals surface area contributed by atoms with Crippen LogP contribution in [-0.2, 0) is 4.74 Å². The van der Waals surface area contributed by atoms with Crippen molar-refractivity contribution in [2.24, 2.45) is 0 Å². The molecule has 0 bridgehead atoms. The van der Waals surface area contributed by atoms with Gasteiger partial charge in [-0.2, -0.15) is 15.0 Å². The molecule has 0 spiro atoms. The first kappa shape index (κ1) is 12.8. The van der Waals surface area contributed by atoms with Crippen LogP contribution < -0.4 is 15.4 Å². The van der Waals surface area contributed by atoms with Gasteiger partial charge >= 0.3 is 6.01 Å². The Hall–Kier alpha value is -1.67. The third-order valence-corrected chi connectivity index (χ3v) is 2.52. The van der Waals surface area contributed by atoms with Gasteiger partial charge in [0.15, 0.2) is 0 Å². The Morgan fingerprint density at radius 1 is 1.50 bits per heavy atom. The predicted molar refractivity (Wildman–Crippen MR) is 64.4 cm³/mol. The molecule has 18 heavy (non-hydrogen) atoms. The van der Waals surface area contributed by atoms with Gasteiger partial charge in [-0.1, -0.05) is 0 Å². The number of hydrogen-bond acceptors (Lipinski definition) is 8. The Bertz CT molecular complexity index is 403. The largest absolute Gasteiger partial charge is 0.464 e. The lowest BCUT2D eigenvalue weighted by Gasteiger charge is -2.31. The van der Waals surface area contributed by atoms with Gasteiger partial charge in [-0.05, 0) is 6.92 Å². The third kappa shape index (κ3) is 2.96. The van der Waals surface area contributed by atoms with Crippen LogP contribution in [0.25, 0.3) is 0 Å². The number of nitrogen functional groups attached to an aromatic ring is 1. The molecule has 1 aromatic rings. The molecule has 100 valence electrons. The number of aliphatic hydroxyl groups is 1. The first-order valence-electron chi connectivity index (χ1n) is 5.84. The molecule has 1 atom stereocenters. The lowest BCUT2D eigenvalue weighted by molar-refractivity contribution is 0.00310. The minimum Gasteiger partial charge on any atom is -0.464 e. The summed E-state index contributed by atoms with van der Waals surface area (Å²) in [5.74, 6) is 0.572. The van der Waals surface area contributed by atoms with Crippen LogP contribution in [0.1, 0.15) is 6.92 Å². The predicted octanol–water partition coefficient (Wildman–Crippen LogP) is -0.950. The number of aromatic nitrogens is 3. The molecular weight excluding hydrogens is 238 g/mol. The smallest absolute Gasteiger partial charge is 0.323 e. The summed E-state index contributed by atoms with van der Waals surface area (Å²) < 4.78 is 10.6. The van der Waals surface area contributed by atoms with Crippen molar-refractivity contribution in [3.05, 3.63) is 0 Å². The first-order valence-corrected chi connectivity index (χ1v) is 5.84. The number of hydrogen-bond donors (Lipinski definition) is 2. The van der Waals surface area contributed by atoms with Crippen molar-refractivity contribution in [2.45, 2.75) is 13.0 Å². The van der Waals surface area contributed by atoms with Crippen LogP contribution in [0, 0.1) is 0 Å². The zero-order valence-corrected chi connectivity index (χ0v) is 10.2. The van der Waals surface area contributed by atoms with Crippen molar-refractivity contribution in [3.8, 4) is 6.01 Å². The fraction of sp³-hybridized carbons (Fsp3) is 0.700. The second-order valence-electron chi connectivity index (χ2n) is 3.83. The maximum absolute atomic E-state index is 9.09. The van der Waals surface area contributed by atoms with Crippen LogP contribution in [0.15, 0.2) is 0 Å². The highest BCUT2D eigenvalue weighted by Crippen LogP contribution is 2.16. The minimum absolute atomic E-state index is 0.0324. The number of nitrogens with zero attached hydrogens (tertiary/aromatic N) is 4. The third-order valence-electron chi connectivity index (χ3n) is 2.52. The molecule has 0 aromatic carbocycles. The molecule has 8 nitrogen and oxygen atoms in total. The van der Waals surface area contributed by atoms with E-state index in [4.69, 9.17) is 20.3 Å². The highest BCUT2D eigenvalue weighted by Gasteiger charge is 2.22. The summed E-state index contributed by atoms with van der Waals surface area (Å²) in [7, 11) is 0. The van der Waals surface area contributed by atoms with E-state index in [0.717, 1.165) is 0 Å². The Labute approximate surface area is 105 Å². The number of aliphatic hydroxyl groups excluding tert-OH is 1. The van der Waals surface area contributed by atoms with E-state index in [1.54, 1.807) is 0 Å². The summed E-state index contributed by atoms with van der Waals surface area (Å²) in [5.41, 5.74) is 5.61. The van der Waals surface area contributed by atoms with E-state index in [9.17, 15) is 0 Å². The molecule has 8 heteroatoms. The number of morpholine rings is 1. The van der Waals surface area contributed by atoms with Crippen molar-refractivity contribution < 1.29 is 14.6 Å². The Morgan fingerprint density at radius 2 is 2.33 bits per heavy atom. The van der Waals surface area contributed by atoms with Crippen molar-refractivity contribution in [1.29, 1.82) is 0 Å². The van der Waals surface area contributed by atoms with Crippen molar-refractivity contribution in [2.75, 3.05) is 43.5 Å². The van der Waals surface area contributed by atoms with Crippen LogP contribution >= 0.6 is 0 Å². The zero-order valence-electron chi connectivity index (χ0n) is 10.2. The van der Waals surface area contributed by atoms with Gasteiger partial charge in [-0.3, -0.25) is 0 Å². The molecule has 1 aromatic heterocycles. The van der Waals surface area contributed by atoms with E-state index in [2.05, 4.69) is 15.0 Å². The van der Waals surface area contributed by atoms with E-state index in [-0.39, 0.29) is 24.7 Å². The normalized spacial score (nSPS) is 19.9. The van der Waals surface area contributed by atoms with E-state index in [0.29, 0.717) is 32.3 Å². The number of ether oxygens (including phenoxy) is 2. The van der Waals surface area contributed by atoms with Gasteiger partial charge < -0.3 is 25.2 Å². The van der Waals surface area contributed by atoms with Crippen molar-refractivity contribution >= 4 is 11.9 Å². The topological polar surface area (TPSA) is 107 Å². The average molecular weight is 255 g/mol. The summed E-state index contributed by atoms with van der Waals surface area (Å²) in [5, 5.41) is 9.09. The van der Waals surface area contributed by atoms with Gasteiger partial charge in [0.2, 0.25) is 11.9 Å². The van der Waals surface area contributed by atoms with Gasteiger partial charge in [0.25, 0.3) is 0 Å². The first-order chi connectivity index (χ1) is 8.72. The van der Waals surface area contributed by atoms with Crippen LogP contribution in [0.4, 0.5) is 11.9 Å². The molecule has 0 radical (unpaired) electrons. The summed E-state index contributed by atoms with van der Waals surface area (Å²) in [4.78, 5) is 14.0. The van der Waals surface area contributed by atoms with E-state index < -0.39 is 0 Å². The molecule has 1 aliphatic heterocycles. The standard InChI is InChI=1S/C10H17N5O3/c1-2-17-10-13-8(11)12-9(14-10)15-3-4-18-7(5-15)6-16/h7,16H,2-6H2,1H3,(H2,11,12,13,14). The van der Waals surface area contributed by atoms with Crippen LogP contribution in [0.3, 0.4) is 0 Å². The van der Waals surface area contributed by atoms with Gasteiger partial charge in [0.1, 0.15) is 0 Å². The summed E-state index contributed by atoms with van der Waals surface area (Å²) in [6.45, 7) is 3.95. The molecule has 0 aliphatic carbocycles. The second kappa shape index (κ2) is 5.78. The van der Waals surface area contributed by atoms with Crippen LogP contribution in [0.2, 0.25) is 0 Å². The minimum atomic E-state index is -0.229. The van der Waals surface area contributed by atoms with E-state index in [1.165, 1.54) is 0 Å². The number of rotatable bonds is 4. The molecule has 1 saturated heterocycles. The van der Waals surface area contributed by atoms with E-state index >= 15 is 0 Å². The summed E-state index contributed by atoms with van der Waals surface area (Å²) >= 11 is 0. The van der Waals surface area contributed by atoms with Crippen molar-refractivity contribution in [3.63, 3.8) is 0 Å². The fourth-order valence-electron chi connectivity index (χ4n) is 1.71. The van der Waals surface area contributed by atoms with Crippen LogP contribution in [0.5, 0.6) is 6.01 Å². The lowest BCUT2D eigenvalue weighted by Crippen LogP contribution is -2.45. The quantitative estimate of drug-likeness (QED) is 0.709. The second-order valence-corrected chi connectivity index (χ2v) is 3.83. The molecular formula is C10H17N5O3. The van der Waals surface area contributed by atoms with Gasteiger partial charge in [-0.15, -0.1) is 0 Å². The zero-order chi connectivity index (χ0) is 13.0. The number of anilines is 2. The molecule has 1 aliphatic rings.